The van der Waals surface area contributed by atoms with Crippen LogP contribution in [0.3, 0.4) is 0 Å². The fourth-order valence-corrected chi connectivity index (χ4v) is 5.49. The molecule has 1 aliphatic heterocycles. The summed E-state index contributed by atoms with van der Waals surface area (Å²) in [5.74, 6) is 4.34. The van der Waals surface area contributed by atoms with Gasteiger partial charge in [-0.1, -0.05) is 60.7 Å². The van der Waals surface area contributed by atoms with E-state index < -0.39 is 0 Å². The Labute approximate surface area is 123 Å². The van der Waals surface area contributed by atoms with Gasteiger partial charge in [-0.3, -0.25) is 0 Å². The van der Waals surface area contributed by atoms with Crippen molar-refractivity contribution in [2.45, 2.75) is 11.6 Å². The van der Waals surface area contributed by atoms with Crippen LogP contribution in [0.1, 0.15) is 11.1 Å². The summed E-state index contributed by atoms with van der Waals surface area (Å²) in [6.45, 7) is 0. The van der Waals surface area contributed by atoms with Gasteiger partial charge < -0.3 is 0 Å². The molecule has 0 radical (unpaired) electrons. The minimum absolute atomic E-state index is 0.226. The smallest absolute Gasteiger partial charge is 0.137 e. The van der Waals surface area contributed by atoms with Gasteiger partial charge in [0.2, 0.25) is 0 Å². The molecule has 4 fully saturated rings. The maximum absolute atomic E-state index is 4.91. The quantitative estimate of drug-likeness (QED) is 0.792. The Balaban J connectivity index is 1.61. The summed E-state index contributed by atoms with van der Waals surface area (Å²) >= 11 is 0. The largest absolute Gasteiger partial charge is 0.189 e. The van der Waals surface area contributed by atoms with Crippen LogP contribution in [0.25, 0.3) is 0 Å². The van der Waals surface area contributed by atoms with E-state index in [-0.39, 0.29) is 5.54 Å². The Morgan fingerprint density at radius 1 is 0.667 bits per heavy atom. The van der Waals surface area contributed by atoms with E-state index in [1.54, 1.807) is 0 Å². The van der Waals surface area contributed by atoms with Crippen molar-refractivity contribution in [2.24, 2.45) is 39.8 Å². The molecule has 3 unspecified atom stereocenters. The average Bonchev–Trinajstić information content (AvgIpc) is 3.31. The van der Waals surface area contributed by atoms with Crippen molar-refractivity contribution in [3.05, 3.63) is 71.8 Å². The molecule has 0 N–H and O–H groups in total. The van der Waals surface area contributed by atoms with E-state index >= 15 is 0 Å². The van der Waals surface area contributed by atoms with Gasteiger partial charge in [0.15, 0.2) is 0 Å². The second-order valence-corrected chi connectivity index (χ2v) is 7.04. The maximum Gasteiger partial charge on any atom is 0.137 e. The molecular formula is C19H16N2. The molecule has 6 atom stereocenters. The van der Waals surface area contributed by atoms with Crippen LogP contribution in [0.2, 0.25) is 0 Å². The number of hydrogen-bond acceptors (Lipinski definition) is 2. The number of azo groups is 1. The third kappa shape index (κ3) is 1.06. The fraction of sp³-hybridized carbons (Fsp3) is 0.368. The van der Waals surface area contributed by atoms with E-state index in [9.17, 15) is 0 Å². The Bertz CT molecular complexity index is 702. The SMILES string of the molecule is c1ccc(C2(c3ccccc3)N=N[C@H]3C4C5C([C@H]54)[C@H]32)cc1. The van der Waals surface area contributed by atoms with Crippen LogP contribution in [0.15, 0.2) is 70.9 Å². The molecule has 1 heterocycles. The minimum atomic E-state index is -0.226. The minimum Gasteiger partial charge on any atom is -0.189 e. The van der Waals surface area contributed by atoms with Gasteiger partial charge in [-0.2, -0.15) is 10.2 Å². The van der Waals surface area contributed by atoms with Gasteiger partial charge in [-0.25, -0.2) is 0 Å². The highest BCUT2D eigenvalue weighted by Gasteiger charge is 2.88. The van der Waals surface area contributed by atoms with Crippen molar-refractivity contribution in [1.82, 2.24) is 0 Å². The molecule has 102 valence electrons. The molecule has 2 aromatic rings. The molecule has 0 amide bonds. The van der Waals surface area contributed by atoms with Crippen LogP contribution in [-0.4, -0.2) is 6.04 Å². The molecule has 0 aromatic heterocycles. The summed E-state index contributed by atoms with van der Waals surface area (Å²) in [6, 6.07) is 22.1. The summed E-state index contributed by atoms with van der Waals surface area (Å²) in [7, 11) is 0. The zero-order valence-electron chi connectivity index (χ0n) is 11.6. The molecule has 4 saturated carbocycles. The predicted molar refractivity (Wildman–Crippen MR) is 79.8 cm³/mol. The topological polar surface area (TPSA) is 24.7 Å². The highest BCUT2D eigenvalue weighted by Crippen LogP contribution is 2.87. The summed E-state index contributed by atoms with van der Waals surface area (Å²) in [4.78, 5) is 0. The van der Waals surface area contributed by atoms with Crippen molar-refractivity contribution in [3.63, 3.8) is 0 Å². The molecule has 2 heteroatoms. The lowest BCUT2D eigenvalue weighted by Crippen LogP contribution is -2.35. The fourth-order valence-electron chi connectivity index (χ4n) is 5.49. The van der Waals surface area contributed by atoms with Crippen molar-refractivity contribution in [2.75, 3.05) is 0 Å². The first-order valence-electron chi connectivity index (χ1n) is 7.96. The van der Waals surface area contributed by atoms with E-state index in [2.05, 4.69) is 60.7 Å². The third-order valence-electron chi connectivity index (χ3n) is 6.38. The van der Waals surface area contributed by atoms with Crippen molar-refractivity contribution < 1.29 is 0 Å². The number of rotatable bonds is 2. The Kier molecular flexibility index (Phi) is 1.67. The summed E-state index contributed by atoms with van der Waals surface area (Å²) in [5, 5.41) is 9.68. The third-order valence-corrected chi connectivity index (χ3v) is 6.38. The average molecular weight is 272 g/mol. The van der Waals surface area contributed by atoms with Crippen LogP contribution < -0.4 is 0 Å². The summed E-state index contributed by atoms with van der Waals surface area (Å²) in [6.07, 6.45) is 0. The number of benzene rings is 2. The normalized spacial score (nSPS) is 42.5. The first kappa shape index (κ1) is 10.7. The molecule has 2 bridgehead atoms. The van der Waals surface area contributed by atoms with Gasteiger partial charge in [0, 0.05) is 5.92 Å². The monoisotopic (exact) mass is 272 g/mol. The zero-order chi connectivity index (χ0) is 13.6. The first-order chi connectivity index (χ1) is 10.4. The summed E-state index contributed by atoms with van der Waals surface area (Å²) < 4.78 is 0. The lowest BCUT2D eigenvalue weighted by Gasteiger charge is -2.32. The molecule has 5 aliphatic rings. The molecule has 21 heavy (non-hydrogen) atoms. The lowest BCUT2D eigenvalue weighted by molar-refractivity contribution is 0.338. The maximum atomic E-state index is 4.91. The molecule has 2 aromatic carbocycles. The van der Waals surface area contributed by atoms with Crippen LogP contribution in [0.4, 0.5) is 0 Å². The van der Waals surface area contributed by atoms with Crippen LogP contribution in [0, 0.1) is 29.6 Å². The Morgan fingerprint density at radius 3 is 1.81 bits per heavy atom. The van der Waals surface area contributed by atoms with E-state index in [1.165, 1.54) is 11.1 Å². The lowest BCUT2D eigenvalue weighted by atomic mass is 9.72. The van der Waals surface area contributed by atoms with Gasteiger partial charge in [0.25, 0.3) is 0 Å². The van der Waals surface area contributed by atoms with E-state index in [4.69, 9.17) is 10.2 Å². The van der Waals surface area contributed by atoms with E-state index in [0.717, 1.165) is 23.7 Å². The van der Waals surface area contributed by atoms with Crippen molar-refractivity contribution >= 4 is 0 Å². The second kappa shape index (κ2) is 3.27. The van der Waals surface area contributed by atoms with Crippen LogP contribution in [-0.2, 0) is 5.54 Å². The predicted octanol–water partition coefficient (Wildman–Crippen LogP) is 3.89. The summed E-state index contributed by atoms with van der Waals surface area (Å²) in [5.41, 5.74) is 2.41. The zero-order valence-corrected chi connectivity index (χ0v) is 11.6. The van der Waals surface area contributed by atoms with Crippen LogP contribution in [0.5, 0.6) is 0 Å². The van der Waals surface area contributed by atoms with E-state index in [1.807, 2.05) is 0 Å². The molecule has 4 aliphatic carbocycles. The van der Waals surface area contributed by atoms with Gasteiger partial charge in [-0.05, 0) is 34.8 Å². The molecular weight excluding hydrogens is 256 g/mol. The standard InChI is InChI=1S/C19H16N2/c1-3-7-11(8-4-1)19(12-9-5-2-6-10-12)17-15-13-14(15)16(13)18(17)20-21-19/h1-10,13-18H/t13-,14?,15?,16?,17+,18-/m0/s1. The number of nitrogens with zero attached hydrogens (tertiary/aromatic N) is 2. The van der Waals surface area contributed by atoms with Gasteiger partial charge in [0.05, 0.1) is 6.04 Å². The highest BCUT2D eigenvalue weighted by atomic mass is 15.3. The molecule has 0 spiro atoms. The van der Waals surface area contributed by atoms with E-state index in [0.29, 0.717) is 12.0 Å². The molecule has 2 nitrogen and oxygen atoms in total. The molecule has 0 saturated heterocycles. The van der Waals surface area contributed by atoms with Gasteiger partial charge >= 0.3 is 0 Å². The van der Waals surface area contributed by atoms with Gasteiger partial charge in [0.1, 0.15) is 5.54 Å². The molecule has 7 rings (SSSR count). The van der Waals surface area contributed by atoms with Crippen molar-refractivity contribution in [1.29, 1.82) is 0 Å². The van der Waals surface area contributed by atoms with Crippen LogP contribution >= 0.6 is 0 Å². The van der Waals surface area contributed by atoms with Gasteiger partial charge in [-0.15, -0.1) is 0 Å². The first-order valence-corrected chi connectivity index (χ1v) is 7.96. The second-order valence-electron chi connectivity index (χ2n) is 7.04. The number of hydrogen-bond donors (Lipinski definition) is 0. The highest BCUT2D eigenvalue weighted by molar-refractivity contribution is 5.48. The van der Waals surface area contributed by atoms with Crippen molar-refractivity contribution in [3.8, 4) is 0 Å². The Hall–Kier alpha value is -1.96. The Morgan fingerprint density at radius 2 is 1.24 bits per heavy atom.